The molecule has 0 aliphatic rings. The summed E-state index contributed by atoms with van der Waals surface area (Å²) >= 11 is 7.84. The molecule has 1 unspecified atom stereocenters. The van der Waals surface area contributed by atoms with E-state index in [0.717, 1.165) is 54.9 Å². The van der Waals surface area contributed by atoms with E-state index >= 15 is 0 Å². The fraction of sp³-hybridized carbons (Fsp3) is 0.481. The number of hydrogen-bond acceptors (Lipinski definition) is 6. The number of likely N-dealkylation sites (N-methyl/N-ethyl adjacent to an activating group) is 1. The fourth-order valence-electron chi connectivity index (χ4n) is 3.77. The van der Waals surface area contributed by atoms with Crippen LogP contribution in [0.2, 0.25) is 5.02 Å². The number of halogens is 1. The van der Waals surface area contributed by atoms with Crippen LogP contribution < -0.4 is 20.9 Å². The van der Waals surface area contributed by atoms with Crippen molar-refractivity contribution in [2.75, 3.05) is 32.1 Å². The van der Waals surface area contributed by atoms with Crippen LogP contribution in [0.25, 0.3) is 11.1 Å². The van der Waals surface area contributed by atoms with Crippen molar-refractivity contribution in [3.8, 4) is 17.2 Å². The molecule has 0 aliphatic carbocycles. The number of thiophene rings is 1. The number of unbranched alkanes of at least 4 members (excludes halogenated alkanes) is 2. The second kappa shape index (κ2) is 14.1. The maximum Gasteiger partial charge on any atom is 0.267 e. The average molecular weight is 516 g/mol. The molecule has 3 N–H and O–H groups in total. The Morgan fingerprint density at radius 1 is 1.23 bits per heavy atom. The lowest BCUT2D eigenvalue weighted by Crippen LogP contribution is -2.32. The van der Waals surface area contributed by atoms with Gasteiger partial charge in [-0.15, -0.1) is 11.3 Å². The summed E-state index contributed by atoms with van der Waals surface area (Å²) in [5.74, 6) is 0.352. The van der Waals surface area contributed by atoms with Crippen molar-refractivity contribution in [1.82, 2.24) is 16.0 Å². The first kappa shape index (κ1) is 28.7. The van der Waals surface area contributed by atoms with E-state index in [1.807, 2.05) is 45.2 Å². The van der Waals surface area contributed by atoms with Gasteiger partial charge in [0.25, 0.3) is 5.91 Å². The molecule has 1 amide bonds. The average Bonchev–Trinajstić information content (AvgIpc) is 3.24. The van der Waals surface area contributed by atoms with E-state index in [0.29, 0.717) is 26.8 Å². The SMILES string of the molecule is CCCCCN(CCC)c1sc(C(=O)N/C(=C/C(C)NC)NC)c(-c2ccc(C)c(Cl)c2)c1C#N. The molecular formula is C27H38ClN5OS. The first-order valence-corrected chi connectivity index (χ1v) is 13.5. The Balaban J connectivity index is 2.66. The number of rotatable bonds is 13. The van der Waals surface area contributed by atoms with Gasteiger partial charge in [-0.3, -0.25) is 4.79 Å². The highest BCUT2D eigenvalue weighted by Gasteiger charge is 2.27. The number of nitrogens with one attached hydrogen (secondary N) is 3. The van der Waals surface area contributed by atoms with E-state index in [9.17, 15) is 10.1 Å². The molecule has 1 heterocycles. The highest BCUT2D eigenvalue weighted by Crippen LogP contribution is 2.43. The molecule has 2 rings (SSSR count). The van der Waals surface area contributed by atoms with Gasteiger partial charge in [0, 0.05) is 36.8 Å². The quantitative estimate of drug-likeness (QED) is 0.283. The molecule has 0 spiro atoms. The molecule has 0 aliphatic heterocycles. The number of carbonyl (C=O) groups is 1. The summed E-state index contributed by atoms with van der Waals surface area (Å²) in [6.07, 6.45) is 6.16. The van der Waals surface area contributed by atoms with Gasteiger partial charge in [-0.05, 0) is 57.0 Å². The lowest BCUT2D eigenvalue weighted by Gasteiger charge is -2.23. The van der Waals surface area contributed by atoms with Crippen molar-refractivity contribution in [2.45, 2.75) is 59.4 Å². The number of anilines is 1. The van der Waals surface area contributed by atoms with Crippen molar-refractivity contribution in [1.29, 1.82) is 5.26 Å². The van der Waals surface area contributed by atoms with Gasteiger partial charge in [-0.25, -0.2) is 0 Å². The third-order valence-electron chi connectivity index (χ3n) is 5.87. The Morgan fingerprint density at radius 3 is 2.54 bits per heavy atom. The normalized spacial score (nSPS) is 12.2. The van der Waals surface area contributed by atoms with Gasteiger partial charge < -0.3 is 20.9 Å². The van der Waals surface area contributed by atoms with Crippen LogP contribution in [0.15, 0.2) is 30.1 Å². The maximum atomic E-state index is 13.6. The van der Waals surface area contributed by atoms with E-state index in [1.165, 1.54) is 11.3 Å². The van der Waals surface area contributed by atoms with Crippen LogP contribution in [0.5, 0.6) is 0 Å². The van der Waals surface area contributed by atoms with Gasteiger partial charge in [0.15, 0.2) is 0 Å². The molecule has 0 fully saturated rings. The van der Waals surface area contributed by atoms with Crippen LogP contribution >= 0.6 is 22.9 Å². The Kier molecular flexibility index (Phi) is 11.6. The highest BCUT2D eigenvalue weighted by molar-refractivity contribution is 7.19. The number of hydrogen-bond donors (Lipinski definition) is 3. The summed E-state index contributed by atoms with van der Waals surface area (Å²) < 4.78 is 0. The van der Waals surface area contributed by atoms with Crippen molar-refractivity contribution in [3.05, 3.63) is 51.1 Å². The summed E-state index contributed by atoms with van der Waals surface area (Å²) in [6.45, 7) is 9.93. The molecule has 1 aromatic carbocycles. The minimum atomic E-state index is -0.252. The number of amides is 1. The first-order chi connectivity index (χ1) is 16.8. The summed E-state index contributed by atoms with van der Waals surface area (Å²) in [7, 11) is 3.63. The number of carbonyl (C=O) groups excluding carboxylic acids is 1. The molecule has 35 heavy (non-hydrogen) atoms. The molecule has 1 atom stereocenters. The lowest BCUT2D eigenvalue weighted by atomic mass is 10.00. The minimum Gasteiger partial charge on any atom is -0.375 e. The molecule has 6 nitrogen and oxygen atoms in total. The zero-order chi connectivity index (χ0) is 26.0. The molecule has 2 aromatic rings. The topological polar surface area (TPSA) is 80.2 Å². The number of nitrogens with zero attached hydrogens (tertiary/aromatic N) is 2. The molecule has 0 saturated carbocycles. The maximum absolute atomic E-state index is 13.6. The van der Waals surface area contributed by atoms with Gasteiger partial charge in [0.2, 0.25) is 0 Å². The molecular weight excluding hydrogens is 478 g/mol. The zero-order valence-electron chi connectivity index (χ0n) is 21.7. The van der Waals surface area contributed by atoms with E-state index in [-0.39, 0.29) is 11.9 Å². The Hall–Kier alpha value is -2.53. The van der Waals surface area contributed by atoms with Crippen LogP contribution in [0, 0.1) is 18.3 Å². The van der Waals surface area contributed by atoms with Crippen LogP contribution in [0.3, 0.4) is 0 Å². The second-order valence-electron chi connectivity index (χ2n) is 8.62. The minimum absolute atomic E-state index is 0.0697. The van der Waals surface area contributed by atoms with Crippen molar-refractivity contribution in [2.24, 2.45) is 0 Å². The van der Waals surface area contributed by atoms with E-state index in [1.54, 1.807) is 7.05 Å². The van der Waals surface area contributed by atoms with E-state index in [4.69, 9.17) is 11.6 Å². The lowest BCUT2D eigenvalue weighted by molar-refractivity contribution is 0.0968. The number of aryl methyl sites for hydroxylation is 1. The van der Waals surface area contributed by atoms with Gasteiger partial charge in [-0.2, -0.15) is 5.26 Å². The third-order valence-corrected chi connectivity index (χ3v) is 7.53. The molecule has 190 valence electrons. The summed E-state index contributed by atoms with van der Waals surface area (Å²) in [5, 5.41) is 20.9. The number of nitriles is 1. The van der Waals surface area contributed by atoms with E-state index < -0.39 is 0 Å². The monoisotopic (exact) mass is 515 g/mol. The van der Waals surface area contributed by atoms with E-state index in [2.05, 4.69) is 40.8 Å². The van der Waals surface area contributed by atoms with Crippen LogP contribution in [-0.2, 0) is 0 Å². The molecule has 8 heteroatoms. The summed E-state index contributed by atoms with van der Waals surface area (Å²) in [4.78, 5) is 16.4. The van der Waals surface area contributed by atoms with Crippen molar-refractivity contribution >= 4 is 33.8 Å². The second-order valence-corrected chi connectivity index (χ2v) is 10.0. The molecule has 0 bridgehead atoms. The van der Waals surface area contributed by atoms with Crippen LogP contribution in [-0.4, -0.2) is 39.1 Å². The molecule has 0 radical (unpaired) electrons. The predicted octanol–water partition coefficient (Wildman–Crippen LogP) is 6.05. The van der Waals surface area contributed by atoms with Crippen molar-refractivity contribution in [3.63, 3.8) is 0 Å². The molecule has 0 saturated heterocycles. The fourth-order valence-corrected chi connectivity index (χ4v) is 5.17. The van der Waals surface area contributed by atoms with Gasteiger partial charge in [0.1, 0.15) is 21.8 Å². The van der Waals surface area contributed by atoms with Gasteiger partial charge in [0.05, 0.1) is 5.56 Å². The van der Waals surface area contributed by atoms with Crippen LogP contribution in [0.4, 0.5) is 5.00 Å². The predicted molar refractivity (Wildman–Crippen MR) is 149 cm³/mol. The van der Waals surface area contributed by atoms with Crippen LogP contribution in [0.1, 0.15) is 67.3 Å². The van der Waals surface area contributed by atoms with Crippen molar-refractivity contribution < 1.29 is 4.79 Å². The third kappa shape index (κ3) is 7.47. The smallest absolute Gasteiger partial charge is 0.267 e. The Labute approximate surface area is 219 Å². The van der Waals surface area contributed by atoms with Gasteiger partial charge in [-0.1, -0.05) is 50.4 Å². The first-order valence-electron chi connectivity index (χ1n) is 12.3. The zero-order valence-corrected chi connectivity index (χ0v) is 23.3. The number of benzene rings is 1. The van der Waals surface area contributed by atoms with Gasteiger partial charge >= 0.3 is 0 Å². The molecule has 1 aromatic heterocycles. The Bertz CT molecular complexity index is 1070. The highest BCUT2D eigenvalue weighted by atomic mass is 35.5. The standard InChI is InChI=1S/C27H38ClN5OS/c1-7-9-10-14-33(13-8-2)27-21(17-29)24(20-12-11-18(3)22(28)16-20)25(35-27)26(34)32-23(31-6)15-19(4)30-5/h11-12,15-16,19,30-31H,7-10,13-14H2,1-6H3,(H,32,34)/b23-15+. The Morgan fingerprint density at radius 2 is 1.97 bits per heavy atom. The largest absolute Gasteiger partial charge is 0.375 e. The summed E-state index contributed by atoms with van der Waals surface area (Å²) in [5.41, 5.74) is 2.89. The summed E-state index contributed by atoms with van der Waals surface area (Å²) in [6, 6.07) is 8.19.